The van der Waals surface area contributed by atoms with Gasteiger partial charge < -0.3 is 28.4 Å². The maximum atomic E-state index is 6.60. The molecule has 2 aliphatic rings. The van der Waals surface area contributed by atoms with E-state index in [9.17, 15) is 0 Å². The minimum atomic E-state index is 0.819. The molecule has 0 atom stereocenters. The molecule has 0 spiro atoms. The molecule has 16 aromatic rings. The number of rotatable bonds is 5. The third kappa shape index (κ3) is 6.69. The molecule has 382 valence electrons. The van der Waals surface area contributed by atoms with E-state index in [-0.39, 0.29) is 0 Å². The van der Waals surface area contributed by atoms with Gasteiger partial charge in [-0.3, -0.25) is 0 Å². The van der Waals surface area contributed by atoms with Crippen molar-refractivity contribution >= 4 is 121 Å². The van der Waals surface area contributed by atoms with Gasteiger partial charge in [0.2, 0.25) is 0 Å². The molecule has 0 amide bonds. The van der Waals surface area contributed by atoms with Crippen LogP contribution in [0.1, 0.15) is 0 Å². The number of fused-ring (bicyclic) bond motifs is 14. The van der Waals surface area contributed by atoms with E-state index >= 15 is 0 Å². The van der Waals surface area contributed by atoms with Gasteiger partial charge in [0.15, 0.2) is 23.0 Å². The van der Waals surface area contributed by atoms with E-state index in [0.29, 0.717) is 0 Å². The molecule has 2 aromatic heterocycles. The lowest BCUT2D eigenvalue weighted by molar-refractivity contribution is 0.477. The number of aromatic nitrogens is 2. The Bertz CT molecular complexity index is 5310. The lowest BCUT2D eigenvalue weighted by Crippen LogP contribution is -2.15. The predicted octanol–water partition coefficient (Wildman–Crippen LogP) is 21.3. The number of para-hydroxylation sites is 8. The minimum Gasteiger partial charge on any atom is -0.453 e. The van der Waals surface area contributed by atoms with Crippen molar-refractivity contribution in [3.05, 3.63) is 279 Å². The first-order chi connectivity index (χ1) is 40.6. The number of anilines is 6. The Balaban J connectivity index is 0.875. The van der Waals surface area contributed by atoms with Gasteiger partial charge >= 0.3 is 0 Å². The van der Waals surface area contributed by atoms with E-state index in [4.69, 9.17) is 9.47 Å². The fraction of sp³-hybridized carbons (Fsp3) is 0. The normalized spacial score (nSPS) is 12.8. The molecule has 6 heteroatoms. The highest BCUT2D eigenvalue weighted by molar-refractivity contribution is 6.19. The molecule has 0 bridgehead atoms. The number of hydrogen-bond donors (Lipinski definition) is 0. The van der Waals surface area contributed by atoms with E-state index in [2.05, 4.69) is 274 Å². The zero-order valence-corrected chi connectivity index (χ0v) is 44.2. The van der Waals surface area contributed by atoms with Crippen LogP contribution in [0.25, 0.3) is 109 Å². The maximum absolute atomic E-state index is 6.60. The van der Waals surface area contributed by atoms with E-state index < -0.39 is 0 Å². The Morgan fingerprint density at radius 2 is 0.598 bits per heavy atom. The van der Waals surface area contributed by atoms with Crippen molar-refractivity contribution in [1.29, 1.82) is 0 Å². The molecule has 0 unspecified atom stereocenters. The zero-order chi connectivity index (χ0) is 53.6. The van der Waals surface area contributed by atoms with Crippen molar-refractivity contribution in [3.8, 4) is 45.5 Å². The fourth-order valence-corrected chi connectivity index (χ4v) is 13.4. The molecule has 0 saturated carbocycles. The van der Waals surface area contributed by atoms with Crippen LogP contribution in [0.15, 0.2) is 279 Å². The van der Waals surface area contributed by atoms with E-state index in [1.54, 1.807) is 0 Å². The van der Waals surface area contributed by atoms with Crippen LogP contribution in [0.5, 0.6) is 23.0 Å². The van der Waals surface area contributed by atoms with Crippen LogP contribution in [-0.4, -0.2) is 9.13 Å². The summed E-state index contributed by atoms with van der Waals surface area (Å²) in [5, 5.41) is 14.4. The predicted molar refractivity (Wildman–Crippen MR) is 340 cm³/mol. The van der Waals surface area contributed by atoms with Crippen LogP contribution >= 0.6 is 0 Å². The van der Waals surface area contributed by atoms with Gasteiger partial charge in [-0.2, -0.15) is 0 Å². The second-order valence-corrected chi connectivity index (χ2v) is 21.7. The first kappa shape index (κ1) is 44.9. The molecule has 0 saturated heterocycles. The zero-order valence-electron chi connectivity index (χ0n) is 44.2. The Labute approximate surface area is 471 Å². The van der Waals surface area contributed by atoms with Crippen molar-refractivity contribution < 1.29 is 9.47 Å². The number of ether oxygens (including phenoxy) is 2. The van der Waals surface area contributed by atoms with Crippen molar-refractivity contribution in [1.82, 2.24) is 9.13 Å². The molecular formula is C76H46N4O2. The summed E-state index contributed by atoms with van der Waals surface area (Å²) in [5.74, 6) is 3.29. The van der Waals surface area contributed by atoms with Gasteiger partial charge in [-0.1, -0.05) is 127 Å². The topological polar surface area (TPSA) is 34.8 Å². The van der Waals surface area contributed by atoms with Gasteiger partial charge in [0.05, 0.1) is 50.5 Å². The Morgan fingerprint density at radius 3 is 1.12 bits per heavy atom. The lowest BCUT2D eigenvalue weighted by Gasteiger charge is -2.33. The summed E-state index contributed by atoms with van der Waals surface area (Å²) in [6, 6.07) is 101. The average Bonchev–Trinajstić information content (AvgIpc) is 2.42. The van der Waals surface area contributed by atoms with E-state index in [1.807, 2.05) is 24.3 Å². The second-order valence-electron chi connectivity index (χ2n) is 21.7. The Morgan fingerprint density at radius 1 is 0.220 bits per heavy atom. The lowest BCUT2D eigenvalue weighted by atomic mass is 9.99. The monoisotopic (exact) mass is 1050 g/mol. The summed E-state index contributed by atoms with van der Waals surface area (Å²) in [7, 11) is 0. The van der Waals surface area contributed by atoms with Crippen LogP contribution in [0.4, 0.5) is 34.1 Å². The fourth-order valence-electron chi connectivity index (χ4n) is 13.4. The van der Waals surface area contributed by atoms with Crippen LogP contribution in [0, 0.1) is 0 Å². The molecule has 0 radical (unpaired) electrons. The standard InChI is InChI=1S/C76H46N4O2/c1-3-16-49-40-55-42-57(32-28-51(55)38-47(49)14-1)77-63-35-30-53(44-60(63)61-46-59(34-37-64(61)77)79-66-18-5-9-24-72(66)81-73-25-10-6-19-67(73)79)54-31-36-65-62(45-54)76-70(78(65)58-33-29-52-39-48-15-2-4-17-50(48)41-56(52)43-58)22-13-23-71(76)80-68-20-7-11-26-74(68)82-75-27-12-8-21-69(75)80/h1-46H. The average molecular weight is 1050 g/mol. The summed E-state index contributed by atoms with van der Waals surface area (Å²) in [5.41, 5.74) is 15.1. The summed E-state index contributed by atoms with van der Waals surface area (Å²) in [4.78, 5) is 4.73. The van der Waals surface area contributed by atoms with Crippen LogP contribution in [0.3, 0.4) is 0 Å². The van der Waals surface area contributed by atoms with Crippen LogP contribution in [0.2, 0.25) is 0 Å². The van der Waals surface area contributed by atoms with Gasteiger partial charge in [-0.25, -0.2) is 0 Å². The number of hydrogen-bond acceptors (Lipinski definition) is 4. The van der Waals surface area contributed by atoms with Gasteiger partial charge in [0.25, 0.3) is 0 Å². The Hall–Kier alpha value is -11.1. The third-order valence-electron chi connectivity index (χ3n) is 17.1. The number of nitrogens with zero attached hydrogens (tertiary/aromatic N) is 4. The molecule has 0 fully saturated rings. The molecule has 2 aliphatic heterocycles. The summed E-state index contributed by atoms with van der Waals surface area (Å²) < 4.78 is 18.0. The van der Waals surface area contributed by atoms with E-state index in [0.717, 1.165) is 123 Å². The van der Waals surface area contributed by atoms with E-state index in [1.165, 1.54) is 43.1 Å². The van der Waals surface area contributed by atoms with Crippen LogP contribution < -0.4 is 19.3 Å². The van der Waals surface area contributed by atoms with Crippen molar-refractivity contribution in [2.75, 3.05) is 9.80 Å². The maximum Gasteiger partial charge on any atom is 0.151 e. The van der Waals surface area contributed by atoms with Gasteiger partial charge in [-0.15, -0.1) is 0 Å². The van der Waals surface area contributed by atoms with Crippen molar-refractivity contribution in [2.45, 2.75) is 0 Å². The van der Waals surface area contributed by atoms with Gasteiger partial charge in [0, 0.05) is 38.6 Å². The smallest absolute Gasteiger partial charge is 0.151 e. The minimum absolute atomic E-state index is 0.819. The molecular weight excluding hydrogens is 1000 g/mol. The SMILES string of the molecule is c1ccc2c(c1)Oc1ccccc1N2c1ccc2c(c1)c1cc(-c3ccc4c(c3)c3c(N5c6ccccc6Oc6ccccc65)cccc3n4-c3ccc4cc5ccccc5cc4c3)ccc1n2-c1ccc2cc3ccccc3cc2c1. The largest absolute Gasteiger partial charge is 0.453 e. The molecule has 18 rings (SSSR count). The first-order valence-electron chi connectivity index (χ1n) is 28.0. The Kier molecular flexibility index (Phi) is 9.41. The quantitative estimate of drug-likeness (QED) is 0.161. The van der Waals surface area contributed by atoms with Crippen molar-refractivity contribution in [3.63, 3.8) is 0 Å². The molecule has 0 N–H and O–H groups in total. The highest BCUT2D eigenvalue weighted by atomic mass is 16.5. The molecule has 4 heterocycles. The molecule has 14 aromatic carbocycles. The summed E-state index contributed by atoms with van der Waals surface area (Å²) in [6.07, 6.45) is 0. The number of benzene rings is 14. The second kappa shape index (κ2) is 17.2. The third-order valence-corrected chi connectivity index (χ3v) is 17.1. The molecule has 82 heavy (non-hydrogen) atoms. The highest BCUT2D eigenvalue weighted by Gasteiger charge is 2.30. The summed E-state index contributed by atoms with van der Waals surface area (Å²) in [6.45, 7) is 0. The first-order valence-corrected chi connectivity index (χ1v) is 28.0. The van der Waals surface area contributed by atoms with Crippen LogP contribution in [-0.2, 0) is 0 Å². The highest BCUT2D eigenvalue weighted by Crippen LogP contribution is 2.54. The summed E-state index contributed by atoms with van der Waals surface area (Å²) >= 11 is 0. The van der Waals surface area contributed by atoms with Gasteiger partial charge in [0.1, 0.15) is 0 Å². The van der Waals surface area contributed by atoms with Crippen molar-refractivity contribution in [2.24, 2.45) is 0 Å². The molecule has 0 aliphatic carbocycles. The van der Waals surface area contributed by atoms with Gasteiger partial charge in [-0.05, 0) is 206 Å². The molecule has 6 nitrogen and oxygen atoms in total.